The molecular weight excluding hydrogens is 276 g/mol. The van der Waals surface area contributed by atoms with Gasteiger partial charge in [0.2, 0.25) is 0 Å². The first-order valence-electron chi connectivity index (χ1n) is 7.26. The third-order valence-electron chi connectivity index (χ3n) is 3.49. The largest absolute Gasteiger partial charge is 0.376 e. The predicted molar refractivity (Wildman–Crippen MR) is 90.3 cm³/mol. The third kappa shape index (κ3) is 3.97. The van der Waals surface area contributed by atoms with Gasteiger partial charge in [-0.1, -0.05) is 17.7 Å². The van der Waals surface area contributed by atoms with Gasteiger partial charge in [0.05, 0.1) is 12.3 Å². The highest BCUT2D eigenvalue weighted by atomic mass is 16.2. The number of hydrogen-bond donors (Lipinski definition) is 3. The molecule has 0 fully saturated rings. The molecule has 116 valence electrons. The van der Waals surface area contributed by atoms with E-state index in [1.807, 2.05) is 58.2 Å². The molecule has 1 heterocycles. The molecule has 2 rings (SSSR count). The molecule has 3 N–H and O–H groups in total. The molecule has 1 amide bonds. The van der Waals surface area contributed by atoms with Crippen molar-refractivity contribution in [2.24, 2.45) is 5.10 Å². The first-order chi connectivity index (χ1) is 10.5. The highest BCUT2D eigenvalue weighted by Crippen LogP contribution is 2.13. The van der Waals surface area contributed by atoms with Gasteiger partial charge in [0.15, 0.2) is 0 Å². The van der Waals surface area contributed by atoms with Gasteiger partial charge >= 0.3 is 0 Å². The Morgan fingerprint density at radius 2 is 1.86 bits per heavy atom. The van der Waals surface area contributed by atoms with Crippen LogP contribution in [0.2, 0.25) is 0 Å². The standard InChI is InChI=1S/C17H22N4O/c1-11-5-7-15(8-6-11)19-10-16(22)21-20-14(4)17-12(2)9-18-13(17)3/h5-9,18-19H,10H2,1-4H3,(H,21,22)/b20-14+. The SMILES string of the molecule is C/C(=N\NC(=O)CNc1ccc(C)cc1)c1c(C)c[nH]c1C. The van der Waals surface area contributed by atoms with Crippen LogP contribution in [0.25, 0.3) is 0 Å². The number of nitrogens with zero attached hydrogens (tertiary/aromatic N) is 1. The Hall–Kier alpha value is -2.56. The number of aromatic nitrogens is 1. The van der Waals surface area contributed by atoms with Crippen molar-refractivity contribution in [2.45, 2.75) is 27.7 Å². The van der Waals surface area contributed by atoms with Crippen molar-refractivity contribution in [3.63, 3.8) is 0 Å². The van der Waals surface area contributed by atoms with Crippen LogP contribution in [0.1, 0.15) is 29.3 Å². The predicted octanol–water partition coefficient (Wildman–Crippen LogP) is 2.89. The number of nitrogens with one attached hydrogen (secondary N) is 3. The number of anilines is 1. The first-order valence-corrected chi connectivity index (χ1v) is 7.26. The molecule has 0 unspecified atom stereocenters. The van der Waals surface area contributed by atoms with Gasteiger partial charge in [0.1, 0.15) is 0 Å². The fourth-order valence-electron chi connectivity index (χ4n) is 2.31. The summed E-state index contributed by atoms with van der Waals surface area (Å²) in [6.07, 6.45) is 1.93. The maximum absolute atomic E-state index is 11.8. The molecule has 0 saturated carbocycles. The number of rotatable bonds is 5. The summed E-state index contributed by atoms with van der Waals surface area (Å²) in [4.78, 5) is 15.0. The van der Waals surface area contributed by atoms with Crippen LogP contribution in [-0.2, 0) is 4.79 Å². The molecule has 1 aromatic heterocycles. The average molecular weight is 298 g/mol. The summed E-state index contributed by atoms with van der Waals surface area (Å²) in [6, 6.07) is 7.90. The molecule has 0 saturated heterocycles. The van der Waals surface area contributed by atoms with Crippen molar-refractivity contribution in [1.29, 1.82) is 0 Å². The Balaban J connectivity index is 1.89. The first kappa shape index (κ1) is 15.8. The topological polar surface area (TPSA) is 69.3 Å². The molecule has 5 heteroatoms. The van der Waals surface area contributed by atoms with E-state index in [-0.39, 0.29) is 12.5 Å². The number of aryl methyl sites for hydroxylation is 3. The lowest BCUT2D eigenvalue weighted by atomic mass is 10.1. The van der Waals surface area contributed by atoms with Crippen LogP contribution in [0.4, 0.5) is 5.69 Å². The number of carbonyl (C=O) groups is 1. The van der Waals surface area contributed by atoms with Gasteiger partial charge in [-0.15, -0.1) is 0 Å². The van der Waals surface area contributed by atoms with Gasteiger partial charge in [-0.3, -0.25) is 4.79 Å². The molecular formula is C17H22N4O. The van der Waals surface area contributed by atoms with Crippen molar-refractivity contribution in [1.82, 2.24) is 10.4 Å². The number of benzene rings is 1. The second kappa shape index (κ2) is 6.93. The summed E-state index contributed by atoms with van der Waals surface area (Å²) in [5.41, 5.74) is 8.69. The smallest absolute Gasteiger partial charge is 0.259 e. The monoisotopic (exact) mass is 298 g/mol. The molecule has 5 nitrogen and oxygen atoms in total. The van der Waals surface area contributed by atoms with Crippen LogP contribution in [0.3, 0.4) is 0 Å². The summed E-state index contributed by atoms with van der Waals surface area (Å²) < 4.78 is 0. The fraction of sp³-hybridized carbons (Fsp3) is 0.294. The van der Waals surface area contributed by atoms with Crippen LogP contribution >= 0.6 is 0 Å². The molecule has 0 spiro atoms. The van der Waals surface area contributed by atoms with Gasteiger partial charge in [0.25, 0.3) is 5.91 Å². The Morgan fingerprint density at radius 3 is 2.45 bits per heavy atom. The lowest BCUT2D eigenvalue weighted by Crippen LogP contribution is -2.26. The number of hydrazone groups is 1. The van der Waals surface area contributed by atoms with E-state index < -0.39 is 0 Å². The zero-order valence-electron chi connectivity index (χ0n) is 13.4. The Labute approximate surface area is 130 Å². The van der Waals surface area contributed by atoms with Crippen LogP contribution in [0.5, 0.6) is 0 Å². The van der Waals surface area contributed by atoms with Gasteiger partial charge in [0, 0.05) is 23.1 Å². The molecule has 0 aliphatic heterocycles. The summed E-state index contributed by atoms with van der Waals surface area (Å²) in [5, 5.41) is 7.24. The minimum Gasteiger partial charge on any atom is -0.376 e. The molecule has 0 aliphatic rings. The number of amides is 1. The van der Waals surface area contributed by atoms with Crippen LogP contribution in [-0.4, -0.2) is 23.1 Å². The lowest BCUT2D eigenvalue weighted by molar-refractivity contribution is -0.119. The second-order valence-corrected chi connectivity index (χ2v) is 5.42. The zero-order chi connectivity index (χ0) is 16.1. The summed E-state index contributed by atoms with van der Waals surface area (Å²) in [6.45, 7) is 8.10. The normalized spacial score (nSPS) is 11.4. The number of carbonyl (C=O) groups excluding carboxylic acids is 1. The fourth-order valence-corrected chi connectivity index (χ4v) is 2.31. The van der Waals surface area contributed by atoms with Crippen molar-refractivity contribution >= 4 is 17.3 Å². The van der Waals surface area contributed by atoms with Crippen molar-refractivity contribution in [2.75, 3.05) is 11.9 Å². The third-order valence-corrected chi connectivity index (χ3v) is 3.49. The van der Waals surface area contributed by atoms with E-state index >= 15 is 0 Å². The minimum absolute atomic E-state index is 0.175. The highest BCUT2D eigenvalue weighted by Gasteiger charge is 2.08. The molecule has 2 aromatic rings. The molecule has 0 bridgehead atoms. The highest BCUT2D eigenvalue weighted by molar-refractivity contribution is 6.01. The number of H-pyrrole nitrogens is 1. The van der Waals surface area contributed by atoms with Crippen LogP contribution < -0.4 is 10.7 Å². The molecule has 0 radical (unpaired) electrons. The van der Waals surface area contributed by atoms with E-state index in [0.717, 1.165) is 28.2 Å². The van der Waals surface area contributed by atoms with E-state index in [2.05, 4.69) is 20.8 Å². The molecule has 22 heavy (non-hydrogen) atoms. The second-order valence-electron chi connectivity index (χ2n) is 5.42. The van der Waals surface area contributed by atoms with E-state index in [1.165, 1.54) is 5.56 Å². The van der Waals surface area contributed by atoms with Gasteiger partial charge in [-0.05, 0) is 45.4 Å². The minimum atomic E-state index is -0.175. The molecule has 1 aromatic carbocycles. The number of aromatic amines is 1. The summed E-state index contributed by atoms with van der Waals surface area (Å²) in [5.74, 6) is -0.175. The van der Waals surface area contributed by atoms with E-state index in [4.69, 9.17) is 0 Å². The Bertz CT molecular complexity index is 664. The maximum Gasteiger partial charge on any atom is 0.259 e. The van der Waals surface area contributed by atoms with E-state index in [9.17, 15) is 4.79 Å². The van der Waals surface area contributed by atoms with Crippen LogP contribution in [0, 0.1) is 20.8 Å². The lowest BCUT2D eigenvalue weighted by Gasteiger charge is -2.07. The summed E-state index contributed by atoms with van der Waals surface area (Å²) in [7, 11) is 0. The van der Waals surface area contributed by atoms with Crippen LogP contribution in [0.15, 0.2) is 35.6 Å². The van der Waals surface area contributed by atoms with E-state index in [1.54, 1.807) is 0 Å². The van der Waals surface area contributed by atoms with Gasteiger partial charge < -0.3 is 10.3 Å². The van der Waals surface area contributed by atoms with Crippen molar-refractivity contribution < 1.29 is 4.79 Å². The maximum atomic E-state index is 11.8. The molecule has 0 aliphatic carbocycles. The summed E-state index contributed by atoms with van der Waals surface area (Å²) >= 11 is 0. The zero-order valence-corrected chi connectivity index (χ0v) is 13.4. The van der Waals surface area contributed by atoms with E-state index in [0.29, 0.717) is 0 Å². The Kier molecular flexibility index (Phi) is 4.99. The number of hydrogen-bond acceptors (Lipinski definition) is 3. The van der Waals surface area contributed by atoms with Gasteiger partial charge in [-0.25, -0.2) is 5.43 Å². The quantitative estimate of drug-likeness (QED) is 0.587. The Morgan fingerprint density at radius 1 is 1.18 bits per heavy atom. The van der Waals surface area contributed by atoms with Crippen molar-refractivity contribution in [3.8, 4) is 0 Å². The average Bonchev–Trinajstić information content (AvgIpc) is 2.83. The van der Waals surface area contributed by atoms with Crippen molar-refractivity contribution in [3.05, 3.63) is 52.8 Å². The van der Waals surface area contributed by atoms with Gasteiger partial charge in [-0.2, -0.15) is 5.10 Å². The molecule has 0 atom stereocenters.